The molecule has 0 radical (unpaired) electrons. The molecule has 0 fully saturated rings. The van der Waals surface area contributed by atoms with Crippen LogP contribution in [-0.2, 0) is 4.79 Å². The number of nitrogens with two attached hydrogens (primary N) is 2. The first-order chi connectivity index (χ1) is 7.08. The fourth-order valence-electron chi connectivity index (χ4n) is 0.742. The third-order valence-electron chi connectivity index (χ3n) is 1.23. The fourth-order valence-corrected chi connectivity index (χ4v) is 1.25. The summed E-state index contributed by atoms with van der Waals surface area (Å²) < 4.78 is 0. The van der Waals surface area contributed by atoms with E-state index >= 15 is 0 Å². The first-order valence-electron chi connectivity index (χ1n) is 3.88. The number of aromatic nitrogens is 3. The molecule has 1 aromatic rings. The lowest BCUT2D eigenvalue weighted by Gasteiger charge is -2.03. The number of carboxylic acid groups (broad SMARTS) is 1. The summed E-state index contributed by atoms with van der Waals surface area (Å²) >= 11 is 1.18. The van der Waals surface area contributed by atoms with Crippen molar-refractivity contribution in [1.29, 1.82) is 0 Å². The molecule has 0 aliphatic heterocycles. The summed E-state index contributed by atoms with van der Waals surface area (Å²) in [6.07, 6.45) is 0. The molecule has 0 spiro atoms. The molecule has 0 aliphatic carbocycles. The second-order valence-corrected chi connectivity index (χ2v) is 3.42. The van der Waals surface area contributed by atoms with Crippen molar-refractivity contribution >= 4 is 35.6 Å². The Balaban J connectivity index is 2.40. The number of nitrogens with one attached hydrogen (secondary N) is 1. The van der Waals surface area contributed by atoms with Gasteiger partial charge in [0.2, 0.25) is 17.8 Å². The van der Waals surface area contributed by atoms with Crippen LogP contribution >= 0.6 is 11.8 Å². The van der Waals surface area contributed by atoms with Crippen LogP contribution in [0.3, 0.4) is 0 Å². The van der Waals surface area contributed by atoms with Crippen molar-refractivity contribution in [2.45, 2.75) is 0 Å². The van der Waals surface area contributed by atoms with Crippen LogP contribution in [0.2, 0.25) is 0 Å². The Labute approximate surface area is 89.5 Å². The van der Waals surface area contributed by atoms with Gasteiger partial charge in [0.1, 0.15) is 0 Å². The van der Waals surface area contributed by atoms with E-state index in [1.807, 2.05) is 0 Å². The number of nitrogens with zero attached hydrogens (tertiary/aromatic N) is 3. The van der Waals surface area contributed by atoms with Crippen molar-refractivity contribution in [3.8, 4) is 0 Å². The SMILES string of the molecule is Nc1nc(N)nc(NCSCC(=O)O)n1. The fraction of sp³-hybridized carbons (Fsp3) is 0.333. The molecular formula is C6H10N6O2S. The molecule has 0 saturated carbocycles. The van der Waals surface area contributed by atoms with Crippen molar-refractivity contribution in [1.82, 2.24) is 15.0 Å². The number of rotatable bonds is 5. The van der Waals surface area contributed by atoms with Crippen LogP contribution in [0.5, 0.6) is 0 Å². The number of carbonyl (C=O) groups is 1. The van der Waals surface area contributed by atoms with E-state index in [2.05, 4.69) is 20.3 Å². The zero-order chi connectivity index (χ0) is 11.3. The summed E-state index contributed by atoms with van der Waals surface area (Å²) in [6.45, 7) is 0. The minimum atomic E-state index is -0.878. The summed E-state index contributed by atoms with van der Waals surface area (Å²) in [5.41, 5.74) is 10.7. The smallest absolute Gasteiger partial charge is 0.313 e. The largest absolute Gasteiger partial charge is 0.481 e. The molecule has 0 aromatic carbocycles. The summed E-state index contributed by atoms with van der Waals surface area (Å²) in [7, 11) is 0. The first kappa shape index (κ1) is 11.3. The maximum atomic E-state index is 10.2. The van der Waals surface area contributed by atoms with Crippen molar-refractivity contribution in [3.63, 3.8) is 0 Å². The van der Waals surface area contributed by atoms with Crippen molar-refractivity contribution in [2.75, 3.05) is 28.4 Å². The van der Waals surface area contributed by atoms with E-state index in [-0.39, 0.29) is 23.6 Å². The average molecular weight is 230 g/mol. The normalized spacial score (nSPS) is 9.87. The van der Waals surface area contributed by atoms with E-state index in [0.717, 1.165) is 0 Å². The topological polar surface area (TPSA) is 140 Å². The van der Waals surface area contributed by atoms with Crippen LogP contribution in [0.15, 0.2) is 0 Å². The number of nitrogen functional groups attached to an aromatic ring is 2. The van der Waals surface area contributed by atoms with Crippen molar-refractivity contribution in [3.05, 3.63) is 0 Å². The maximum absolute atomic E-state index is 10.2. The average Bonchev–Trinajstić information content (AvgIpc) is 2.10. The third kappa shape index (κ3) is 4.31. The zero-order valence-electron chi connectivity index (χ0n) is 7.67. The van der Waals surface area contributed by atoms with Gasteiger partial charge < -0.3 is 21.9 Å². The van der Waals surface area contributed by atoms with E-state index in [9.17, 15) is 4.79 Å². The van der Waals surface area contributed by atoms with Gasteiger partial charge in [-0.3, -0.25) is 4.79 Å². The van der Waals surface area contributed by atoms with Gasteiger partial charge in [0.15, 0.2) is 0 Å². The number of hydrogen-bond acceptors (Lipinski definition) is 8. The molecule has 1 heterocycles. The quantitative estimate of drug-likeness (QED) is 0.378. The lowest BCUT2D eigenvalue weighted by atomic mass is 10.8. The highest BCUT2D eigenvalue weighted by Gasteiger charge is 2.01. The molecule has 1 aromatic heterocycles. The van der Waals surface area contributed by atoms with Crippen LogP contribution in [0.1, 0.15) is 0 Å². The standard InChI is InChI=1S/C6H10N6O2S/c7-4-10-5(8)12-6(11-4)9-2-15-1-3(13)14/h1-2H2,(H,13,14)(H5,7,8,9,10,11,12). The second kappa shape index (κ2) is 5.20. The van der Waals surface area contributed by atoms with Gasteiger partial charge in [0, 0.05) is 0 Å². The number of aliphatic carboxylic acids is 1. The highest BCUT2D eigenvalue weighted by atomic mass is 32.2. The van der Waals surface area contributed by atoms with Crippen LogP contribution in [0, 0.1) is 0 Å². The number of carboxylic acids is 1. The summed E-state index contributed by atoms with van der Waals surface area (Å²) in [5.74, 6) is -0.242. The molecule has 82 valence electrons. The summed E-state index contributed by atoms with van der Waals surface area (Å²) in [5, 5.41) is 11.1. The molecule has 9 heteroatoms. The Morgan fingerprint density at radius 2 is 1.93 bits per heavy atom. The molecule has 1 rings (SSSR count). The third-order valence-corrected chi connectivity index (χ3v) is 2.03. The predicted molar refractivity (Wildman–Crippen MR) is 57.2 cm³/mol. The minimum Gasteiger partial charge on any atom is -0.481 e. The van der Waals surface area contributed by atoms with E-state index in [1.54, 1.807) is 0 Å². The van der Waals surface area contributed by atoms with Gasteiger partial charge in [-0.2, -0.15) is 15.0 Å². The van der Waals surface area contributed by atoms with Gasteiger partial charge in [-0.05, 0) is 0 Å². The maximum Gasteiger partial charge on any atom is 0.313 e. The number of thioether (sulfide) groups is 1. The molecular weight excluding hydrogens is 220 g/mol. The molecule has 0 amide bonds. The Kier molecular flexibility index (Phi) is 3.92. The van der Waals surface area contributed by atoms with Crippen LogP contribution < -0.4 is 16.8 Å². The van der Waals surface area contributed by atoms with E-state index in [1.165, 1.54) is 11.8 Å². The van der Waals surface area contributed by atoms with E-state index < -0.39 is 5.97 Å². The second-order valence-electron chi connectivity index (χ2n) is 2.44. The molecule has 0 unspecified atom stereocenters. The van der Waals surface area contributed by atoms with E-state index in [0.29, 0.717) is 5.88 Å². The molecule has 0 bridgehead atoms. The Hall–Kier alpha value is -1.77. The van der Waals surface area contributed by atoms with E-state index in [4.69, 9.17) is 16.6 Å². The van der Waals surface area contributed by atoms with Gasteiger partial charge in [-0.15, -0.1) is 11.8 Å². The molecule has 0 atom stereocenters. The summed E-state index contributed by atoms with van der Waals surface area (Å²) in [6, 6.07) is 0. The lowest BCUT2D eigenvalue weighted by Crippen LogP contribution is -2.10. The molecule has 0 aliphatic rings. The first-order valence-corrected chi connectivity index (χ1v) is 5.04. The van der Waals surface area contributed by atoms with Gasteiger partial charge in [-0.1, -0.05) is 0 Å². The van der Waals surface area contributed by atoms with Crippen LogP contribution in [-0.4, -0.2) is 37.7 Å². The van der Waals surface area contributed by atoms with Gasteiger partial charge in [0.25, 0.3) is 0 Å². The van der Waals surface area contributed by atoms with Gasteiger partial charge >= 0.3 is 5.97 Å². The highest BCUT2D eigenvalue weighted by molar-refractivity contribution is 8.00. The Bertz CT molecular complexity index is 339. The van der Waals surface area contributed by atoms with Crippen LogP contribution in [0.25, 0.3) is 0 Å². The molecule has 0 saturated heterocycles. The van der Waals surface area contributed by atoms with Gasteiger partial charge in [0.05, 0.1) is 11.6 Å². The number of hydrogen-bond donors (Lipinski definition) is 4. The molecule has 15 heavy (non-hydrogen) atoms. The highest BCUT2D eigenvalue weighted by Crippen LogP contribution is 2.06. The Morgan fingerprint density at radius 1 is 1.33 bits per heavy atom. The van der Waals surface area contributed by atoms with Gasteiger partial charge in [-0.25, -0.2) is 0 Å². The predicted octanol–water partition coefficient (Wildman–Crippen LogP) is -0.777. The summed E-state index contributed by atoms with van der Waals surface area (Å²) in [4.78, 5) is 21.3. The molecule has 6 N–H and O–H groups in total. The monoisotopic (exact) mass is 230 g/mol. The minimum absolute atomic E-state index is 0.00302. The van der Waals surface area contributed by atoms with Crippen molar-refractivity contribution in [2.24, 2.45) is 0 Å². The Morgan fingerprint density at radius 3 is 2.47 bits per heavy atom. The zero-order valence-corrected chi connectivity index (χ0v) is 8.49. The van der Waals surface area contributed by atoms with Crippen molar-refractivity contribution < 1.29 is 9.90 Å². The number of anilines is 3. The molecule has 8 nitrogen and oxygen atoms in total. The lowest BCUT2D eigenvalue weighted by molar-refractivity contribution is -0.133. The van der Waals surface area contributed by atoms with Crippen LogP contribution in [0.4, 0.5) is 17.8 Å².